The van der Waals surface area contributed by atoms with E-state index in [-0.39, 0.29) is 17.1 Å². The molecule has 9 heteroatoms. The Kier molecular flexibility index (Phi) is 5.12. The molecule has 0 fully saturated rings. The Balaban J connectivity index is 0.00000256. The number of rotatable bonds is 0. The molecule has 0 aliphatic carbocycles. The summed E-state index contributed by atoms with van der Waals surface area (Å²) in [6, 6.07) is 31.8. The molecule has 0 atom stereocenters. The van der Waals surface area contributed by atoms with Gasteiger partial charge in [0.25, 0.3) is 0 Å². The van der Waals surface area contributed by atoms with Gasteiger partial charge in [0.1, 0.15) is 0 Å². The second-order valence-corrected chi connectivity index (χ2v) is 9.67. The van der Waals surface area contributed by atoms with Gasteiger partial charge in [-0.05, 0) is 0 Å². The summed E-state index contributed by atoms with van der Waals surface area (Å²) in [6.45, 7) is 0. The van der Waals surface area contributed by atoms with Crippen LogP contribution in [0.3, 0.4) is 0 Å². The third kappa shape index (κ3) is 3.53. The van der Waals surface area contributed by atoms with Gasteiger partial charge in [0.05, 0.1) is 0 Å². The van der Waals surface area contributed by atoms with Crippen LogP contribution in [-0.2, 0) is 17.1 Å². The van der Waals surface area contributed by atoms with E-state index >= 15 is 0 Å². The molecule has 8 bridgehead atoms. The molecule has 0 aromatic heterocycles. The second kappa shape index (κ2) is 8.89. The van der Waals surface area contributed by atoms with E-state index in [2.05, 4.69) is 0 Å². The molecule has 4 aromatic carbocycles. The summed E-state index contributed by atoms with van der Waals surface area (Å²) in [7, 11) is 0. The summed E-state index contributed by atoms with van der Waals surface area (Å²) in [5.74, 6) is 4.42. The standard InChI is InChI=1S/C32H16N8.Cu/c1-2-10-18-17(9-1)25-33-26(18)38-28-21-13-5-6-14-22(21)30(35-28)40-32-24-16-8-7-15-23(24)31(36-32)39-29-20-12-4-3-11-19(20)27(34-29)37-25;/h1-16H;/q;+2. The molecule has 9 rings (SSSR count). The fourth-order valence-electron chi connectivity index (χ4n) is 5.46. The molecule has 5 aliphatic rings. The molecule has 0 amide bonds. The monoisotopic (exact) mass is 575 g/mol. The zero-order valence-corrected chi connectivity index (χ0v) is 22.1. The van der Waals surface area contributed by atoms with Crippen molar-refractivity contribution in [2.75, 3.05) is 0 Å². The van der Waals surface area contributed by atoms with E-state index in [4.69, 9.17) is 39.9 Å². The Morgan fingerprint density at radius 2 is 0.341 bits per heavy atom. The van der Waals surface area contributed by atoms with Crippen LogP contribution >= 0.6 is 0 Å². The van der Waals surface area contributed by atoms with Crippen molar-refractivity contribution in [3.8, 4) is 0 Å². The minimum atomic E-state index is 0. The van der Waals surface area contributed by atoms with Gasteiger partial charge in [0.15, 0.2) is 46.7 Å². The van der Waals surface area contributed by atoms with Crippen LogP contribution in [-0.4, -0.2) is 46.7 Å². The van der Waals surface area contributed by atoms with Crippen LogP contribution in [0.4, 0.5) is 0 Å². The van der Waals surface area contributed by atoms with Crippen molar-refractivity contribution in [2.24, 2.45) is 39.9 Å². The summed E-state index contributed by atoms with van der Waals surface area (Å²) in [5.41, 5.74) is 7.15. The number of fused-ring (bicyclic) bond motifs is 16. The van der Waals surface area contributed by atoms with Crippen LogP contribution in [0.2, 0.25) is 0 Å². The number of aliphatic imine (C=N–C) groups is 8. The third-order valence-electron chi connectivity index (χ3n) is 7.33. The summed E-state index contributed by atoms with van der Waals surface area (Å²) in [5, 5.41) is 0. The largest absolute Gasteiger partial charge is 2.00 e. The number of hydrogen-bond acceptors (Lipinski definition) is 8. The van der Waals surface area contributed by atoms with Crippen LogP contribution < -0.4 is 0 Å². The third-order valence-corrected chi connectivity index (χ3v) is 7.33. The number of benzene rings is 4. The predicted molar refractivity (Wildman–Crippen MR) is 158 cm³/mol. The number of hydrogen-bond donors (Lipinski definition) is 0. The van der Waals surface area contributed by atoms with Crippen LogP contribution in [0.15, 0.2) is 137 Å². The van der Waals surface area contributed by atoms with Crippen molar-refractivity contribution in [1.82, 2.24) is 0 Å². The first-order valence-electron chi connectivity index (χ1n) is 12.9. The molecule has 193 valence electrons. The van der Waals surface area contributed by atoms with Crippen molar-refractivity contribution < 1.29 is 17.1 Å². The molecule has 8 nitrogen and oxygen atoms in total. The maximum atomic E-state index is 4.95. The minimum Gasteiger partial charge on any atom is -0.208 e. The van der Waals surface area contributed by atoms with E-state index in [0.717, 1.165) is 44.5 Å². The average Bonchev–Trinajstić information content (AvgIpc) is 3.73. The molecular formula is C32H16CuN8+2. The first kappa shape index (κ1) is 23.6. The van der Waals surface area contributed by atoms with Gasteiger partial charge in [0.2, 0.25) is 0 Å². The first-order chi connectivity index (χ1) is 19.8. The van der Waals surface area contributed by atoms with Crippen LogP contribution in [0.1, 0.15) is 44.5 Å². The van der Waals surface area contributed by atoms with Crippen molar-refractivity contribution in [3.05, 3.63) is 142 Å². The van der Waals surface area contributed by atoms with E-state index in [1.54, 1.807) is 0 Å². The summed E-state index contributed by atoms with van der Waals surface area (Å²) in [6.07, 6.45) is 0. The Hall–Kier alpha value is -5.24. The fourth-order valence-corrected chi connectivity index (χ4v) is 5.46. The second-order valence-electron chi connectivity index (χ2n) is 9.67. The van der Waals surface area contributed by atoms with Crippen LogP contribution in [0.5, 0.6) is 0 Å². The molecule has 5 heterocycles. The minimum absolute atomic E-state index is 0. The molecule has 0 N–H and O–H groups in total. The van der Waals surface area contributed by atoms with Crippen molar-refractivity contribution in [2.45, 2.75) is 0 Å². The van der Waals surface area contributed by atoms with Gasteiger partial charge in [-0.15, -0.1) is 0 Å². The molecule has 4 aromatic rings. The molecule has 0 saturated carbocycles. The van der Waals surface area contributed by atoms with E-state index in [1.807, 2.05) is 97.1 Å². The summed E-state index contributed by atoms with van der Waals surface area (Å²) < 4.78 is 0. The summed E-state index contributed by atoms with van der Waals surface area (Å²) in [4.78, 5) is 39.3. The maximum Gasteiger partial charge on any atom is 2.00 e. The predicted octanol–water partition coefficient (Wildman–Crippen LogP) is 4.83. The molecule has 0 spiro atoms. The maximum absolute atomic E-state index is 4.95. The zero-order chi connectivity index (χ0) is 26.2. The Morgan fingerprint density at radius 3 is 0.463 bits per heavy atom. The molecular weight excluding hydrogens is 560 g/mol. The van der Waals surface area contributed by atoms with E-state index in [1.165, 1.54) is 0 Å². The Bertz CT molecular complexity index is 1790. The van der Waals surface area contributed by atoms with E-state index < -0.39 is 0 Å². The van der Waals surface area contributed by atoms with Gasteiger partial charge in [-0.1, -0.05) is 97.1 Å². The van der Waals surface area contributed by atoms with Gasteiger partial charge in [-0.3, -0.25) is 0 Å². The van der Waals surface area contributed by atoms with Crippen molar-refractivity contribution in [1.29, 1.82) is 0 Å². The van der Waals surface area contributed by atoms with Crippen molar-refractivity contribution >= 4 is 46.7 Å². The fraction of sp³-hybridized carbons (Fsp3) is 0. The van der Waals surface area contributed by atoms with E-state index in [9.17, 15) is 0 Å². The SMILES string of the molecule is [Cu+2].c1ccc2c(c1)C1=NC2=NC2=NC(=NC3=NC(=NC4=NC(=N1)c1ccccc14)c1ccccc13)c1ccccc12. The van der Waals surface area contributed by atoms with Crippen molar-refractivity contribution in [3.63, 3.8) is 0 Å². The molecule has 0 unspecified atom stereocenters. The van der Waals surface area contributed by atoms with Gasteiger partial charge in [-0.25, -0.2) is 39.9 Å². The molecule has 41 heavy (non-hydrogen) atoms. The first-order valence-corrected chi connectivity index (χ1v) is 12.9. The van der Waals surface area contributed by atoms with Gasteiger partial charge in [-0.2, -0.15) is 0 Å². The Labute approximate surface area is 244 Å². The van der Waals surface area contributed by atoms with Gasteiger partial charge < -0.3 is 0 Å². The smallest absolute Gasteiger partial charge is 0.208 e. The summed E-state index contributed by atoms with van der Waals surface area (Å²) >= 11 is 0. The van der Waals surface area contributed by atoms with Crippen LogP contribution in [0, 0.1) is 0 Å². The molecule has 1 radical (unpaired) electrons. The molecule has 5 aliphatic heterocycles. The van der Waals surface area contributed by atoms with Crippen LogP contribution in [0.25, 0.3) is 0 Å². The molecule has 0 saturated heterocycles. The topological polar surface area (TPSA) is 98.9 Å². The normalized spacial score (nSPS) is 16.8. The quantitative estimate of drug-likeness (QED) is 0.268. The van der Waals surface area contributed by atoms with Gasteiger partial charge in [0, 0.05) is 44.5 Å². The number of amidine groups is 8. The zero-order valence-electron chi connectivity index (χ0n) is 21.1. The number of nitrogens with zero attached hydrogens (tertiary/aromatic N) is 8. The average molecular weight is 576 g/mol. The van der Waals surface area contributed by atoms with E-state index in [0.29, 0.717) is 46.7 Å². The Morgan fingerprint density at radius 1 is 0.220 bits per heavy atom. The van der Waals surface area contributed by atoms with Gasteiger partial charge >= 0.3 is 17.1 Å².